The van der Waals surface area contributed by atoms with Crippen LogP contribution in [-0.2, 0) is 10.2 Å². The Morgan fingerprint density at radius 3 is 2.09 bits per heavy atom. The second kappa shape index (κ2) is 7.35. The molecule has 23 heavy (non-hydrogen) atoms. The maximum atomic E-state index is 12.6. The number of hydrogen-bond acceptors (Lipinski definition) is 4. The molecule has 7 heteroatoms. The third-order valence-corrected chi connectivity index (χ3v) is 7.50. The fraction of sp³-hybridized carbons (Fsp3) is 1.00. The molecule has 0 atom stereocenters. The molecular weight excluding hydrogens is 312 g/mol. The van der Waals surface area contributed by atoms with Crippen molar-refractivity contribution in [2.24, 2.45) is 0 Å². The van der Waals surface area contributed by atoms with Gasteiger partial charge in [-0.15, -0.1) is 0 Å². The summed E-state index contributed by atoms with van der Waals surface area (Å²) in [5.74, 6) is 0. The summed E-state index contributed by atoms with van der Waals surface area (Å²) in [6.07, 6.45) is 7.82. The number of piperazine rings is 1. The summed E-state index contributed by atoms with van der Waals surface area (Å²) < 4.78 is 29.8. The van der Waals surface area contributed by atoms with Gasteiger partial charge in [-0.25, -0.2) is 4.72 Å². The Bertz CT molecular complexity index is 476. The Labute approximate surface area is 141 Å². The summed E-state index contributed by atoms with van der Waals surface area (Å²) in [6, 6.07) is 0. The van der Waals surface area contributed by atoms with Crippen LogP contribution in [0.3, 0.4) is 0 Å². The van der Waals surface area contributed by atoms with Gasteiger partial charge in [-0.1, -0.05) is 19.3 Å². The molecule has 2 heterocycles. The SMILES string of the molecule is CN1CCN(C2(CNS(=O)(=O)N3CCCCC3)CCCC2)CC1. The summed E-state index contributed by atoms with van der Waals surface area (Å²) in [5, 5.41) is 0. The van der Waals surface area contributed by atoms with Gasteiger partial charge in [0.25, 0.3) is 10.2 Å². The normalized spacial score (nSPS) is 28.2. The minimum absolute atomic E-state index is 0.0458. The molecule has 0 spiro atoms. The highest BCUT2D eigenvalue weighted by atomic mass is 32.2. The van der Waals surface area contributed by atoms with Crippen molar-refractivity contribution < 1.29 is 8.42 Å². The van der Waals surface area contributed by atoms with Gasteiger partial charge in [0.1, 0.15) is 0 Å². The Balaban J connectivity index is 1.63. The van der Waals surface area contributed by atoms with E-state index in [0.29, 0.717) is 19.6 Å². The van der Waals surface area contributed by atoms with Crippen molar-refractivity contribution >= 4 is 10.2 Å². The third kappa shape index (κ3) is 4.07. The van der Waals surface area contributed by atoms with Gasteiger partial charge >= 0.3 is 0 Å². The van der Waals surface area contributed by atoms with Crippen LogP contribution in [0.2, 0.25) is 0 Å². The minimum atomic E-state index is -3.31. The van der Waals surface area contributed by atoms with E-state index < -0.39 is 10.2 Å². The molecule has 3 fully saturated rings. The van der Waals surface area contributed by atoms with Crippen molar-refractivity contribution in [1.82, 2.24) is 18.8 Å². The van der Waals surface area contributed by atoms with Gasteiger partial charge in [-0.2, -0.15) is 12.7 Å². The van der Waals surface area contributed by atoms with Gasteiger partial charge in [0.2, 0.25) is 0 Å². The largest absolute Gasteiger partial charge is 0.304 e. The molecule has 0 aromatic heterocycles. The molecule has 3 rings (SSSR count). The lowest BCUT2D eigenvalue weighted by atomic mass is 9.94. The summed E-state index contributed by atoms with van der Waals surface area (Å²) in [7, 11) is -1.15. The van der Waals surface area contributed by atoms with Crippen molar-refractivity contribution in [3.8, 4) is 0 Å². The number of rotatable bonds is 5. The zero-order valence-corrected chi connectivity index (χ0v) is 15.3. The van der Waals surface area contributed by atoms with Crippen LogP contribution in [0.15, 0.2) is 0 Å². The van der Waals surface area contributed by atoms with E-state index in [9.17, 15) is 8.42 Å². The summed E-state index contributed by atoms with van der Waals surface area (Å²) >= 11 is 0. The fourth-order valence-electron chi connectivity index (χ4n) is 4.34. The van der Waals surface area contributed by atoms with Crippen LogP contribution in [0.5, 0.6) is 0 Å². The van der Waals surface area contributed by atoms with Crippen molar-refractivity contribution in [3.63, 3.8) is 0 Å². The van der Waals surface area contributed by atoms with Crippen molar-refractivity contribution in [3.05, 3.63) is 0 Å². The second-order valence-electron chi connectivity index (χ2n) is 7.51. The first-order valence-corrected chi connectivity index (χ1v) is 10.6. The lowest BCUT2D eigenvalue weighted by molar-refractivity contribution is 0.0458. The first-order valence-electron chi connectivity index (χ1n) is 9.20. The summed E-state index contributed by atoms with van der Waals surface area (Å²) in [5.41, 5.74) is 0.0458. The zero-order chi connectivity index (χ0) is 16.3. The molecule has 0 unspecified atom stereocenters. The van der Waals surface area contributed by atoms with E-state index in [2.05, 4.69) is 21.6 Å². The van der Waals surface area contributed by atoms with Gasteiger partial charge in [0.05, 0.1) is 0 Å². The highest BCUT2D eigenvalue weighted by molar-refractivity contribution is 7.87. The van der Waals surface area contributed by atoms with E-state index in [0.717, 1.165) is 58.3 Å². The van der Waals surface area contributed by atoms with Crippen molar-refractivity contribution in [2.45, 2.75) is 50.5 Å². The highest BCUT2D eigenvalue weighted by Crippen LogP contribution is 2.35. The van der Waals surface area contributed by atoms with E-state index >= 15 is 0 Å². The monoisotopic (exact) mass is 344 g/mol. The number of likely N-dealkylation sites (N-methyl/N-ethyl adjacent to an activating group) is 1. The number of nitrogens with zero attached hydrogens (tertiary/aromatic N) is 3. The lowest BCUT2D eigenvalue weighted by Crippen LogP contribution is -2.60. The Kier molecular flexibility index (Phi) is 5.63. The average molecular weight is 345 g/mol. The van der Waals surface area contributed by atoms with Crippen LogP contribution in [0, 0.1) is 0 Å². The molecule has 0 radical (unpaired) electrons. The second-order valence-corrected chi connectivity index (χ2v) is 9.26. The average Bonchev–Trinajstić information content (AvgIpc) is 3.05. The van der Waals surface area contributed by atoms with Crippen LogP contribution in [0.1, 0.15) is 44.9 Å². The molecule has 1 aliphatic carbocycles. The van der Waals surface area contributed by atoms with Crippen LogP contribution < -0.4 is 4.72 Å². The lowest BCUT2D eigenvalue weighted by Gasteiger charge is -2.45. The predicted molar refractivity (Wildman–Crippen MR) is 92.6 cm³/mol. The molecule has 2 aliphatic heterocycles. The van der Waals surface area contributed by atoms with Crippen molar-refractivity contribution in [1.29, 1.82) is 0 Å². The molecule has 134 valence electrons. The zero-order valence-electron chi connectivity index (χ0n) is 14.5. The van der Waals surface area contributed by atoms with Gasteiger partial charge in [0, 0.05) is 51.4 Å². The molecule has 1 saturated carbocycles. The number of hydrogen-bond donors (Lipinski definition) is 1. The Morgan fingerprint density at radius 1 is 0.870 bits per heavy atom. The summed E-state index contributed by atoms with van der Waals surface area (Å²) in [4.78, 5) is 4.91. The van der Waals surface area contributed by atoms with E-state index in [1.165, 1.54) is 12.8 Å². The van der Waals surface area contributed by atoms with Gasteiger partial charge in [0.15, 0.2) is 0 Å². The van der Waals surface area contributed by atoms with Crippen LogP contribution >= 0.6 is 0 Å². The van der Waals surface area contributed by atoms with E-state index in [1.54, 1.807) is 4.31 Å². The van der Waals surface area contributed by atoms with Gasteiger partial charge < -0.3 is 4.90 Å². The van der Waals surface area contributed by atoms with Gasteiger partial charge in [-0.3, -0.25) is 4.90 Å². The molecule has 0 amide bonds. The molecule has 0 aromatic carbocycles. The van der Waals surface area contributed by atoms with E-state index in [1.807, 2.05) is 0 Å². The molecule has 6 nitrogen and oxygen atoms in total. The topological polar surface area (TPSA) is 55.9 Å². The molecule has 3 aliphatic rings. The minimum Gasteiger partial charge on any atom is -0.304 e. The Morgan fingerprint density at radius 2 is 1.48 bits per heavy atom. The molecule has 0 aromatic rings. The van der Waals surface area contributed by atoms with E-state index in [4.69, 9.17) is 0 Å². The third-order valence-electron chi connectivity index (χ3n) is 5.95. The van der Waals surface area contributed by atoms with Gasteiger partial charge in [-0.05, 0) is 32.7 Å². The molecular formula is C16H32N4O2S. The van der Waals surface area contributed by atoms with Crippen molar-refractivity contribution in [2.75, 3.05) is 52.9 Å². The standard InChI is InChI=1S/C16H32N4O2S/c1-18-11-13-19(14-12-18)16(7-3-4-8-16)15-17-23(21,22)20-9-5-2-6-10-20/h17H,2-15H2,1H3. The highest BCUT2D eigenvalue weighted by Gasteiger charge is 2.41. The van der Waals surface area contributed by atoms with Crippen LogP contribution in [0.25, 0.3) is 0 Å². The van der Waals surface area contributed by atoms with E-state index in [-0.39, 0.29) is 5.54 Å². The maximum Gasteiger partial charge on any atom is 0.279 e. The maximum absolute atomic E-state index is 12.6. The summed E-state index contributed by atoms with van der Waals surface area (Å²) in [6.45, 7) is 6.22. The molecule has 1 N–H and O–H groups in total. The molecule has 2 saturated heterocycles. The fourth-order valence-corrected chi connectivity index (χ4v) is 5.71. The smallest absolute Gasteiger partial charge is 0.279 e. The molecule has 0 bridgehead atoms. The number of piperidine rings is 1. The number of nitrogens with one attached hydrogen (secondary N) is 1. The first kappa shape index (κ1) is 17.6. The quantitative estimate of drug-likeness (QED) is 0.804. The predicted octanol–water partition coefficient (Wildman–Crippen LogP) is 0.867. The van der Waals surface area contributed by atoms with Crippen LogP contribution in [0.4, 0.5) is 0 Å². The first-order chi connectivity index (χ1) is 11.0. The Hall–Kier alpha value is -0.210. The van der Waals surface area contributed by atoms with Crippen LogP contribution in [-0.4, -0.2) is 80.9 Å².